The van der Waals surface area contributed by atoms with Crippen molar-refractivity contribution in [2.75, 3.05) is 0 Å². The molecule has 0 unspecified atom stereocenters. The van der Waals surface area contributed by atoms with Crippen LogP contribution in [0.15, 0.2) is 42.5 Å². The van der Waals surface area contributed by atoms with E-state index in [1.807, 2.05) is 12.1 Å². The van der Waals surface area contributed by atoms with Crippen LogP contribution in [0.4, 0.5) is 4.39 Å². The smallest absolute Gasteiger partial charge is 0.148 e. The first-order valence-corrected chi connectivity index (χ1v) is 5.80. The van der Waals surface area contributed by atoms with Gasteiger partial charge < -0.3 is 4.74 Å². The van der Waals surface area contributed by atoms with Crippen LogP contribution in [0.2, 0.25) is 0 Å². The van der Waals surface area contributed by atoms with Crippen LogP contribution < -0.4 is 4.74 Å². The predicted molar refractivity (Wildman–Crippen MR) is 67.2 cm³/mol. The van der Waals surface area contributed by atoms with Crippen LogP contribution in [-0.2, 0) is 5.88 Å². The summed E-state index contributed by atoms with van der Waals surface area (Å²) < 4.78 is 19.0. The number of benzene rings is 2. The second-order valence-corrected chi connectivity index (χ2v) is 3.84. The zero-order chi connectivity index (χ0) is 13.0. The molecule has 0 bridgehead atoms. The van der Waals surface area contributed by atoms with E-state index in [-0.39, 0.29) is 17.2 Å². The normalized spacial score (nSPS) is 9.83. The van der Waals surface area contributed by atoms with Gasteiger partial charge in [-0.15, -0.1) is 11.6 Å². The first-order valence-electron chi connectivity index (χ1n) is 5.26. The fourth-order valence-electron chi connectivity index (χ4n) is 1.53. The Balaban J connectivity index is 2.41. The molecule has 0 atom stereocenters. The lowest BCUT2D eigenvalue weighted by molar-refractivity contribution is 0.470. The van der Waals surface area contributed by atoms with E-state index >= 15 is 0 Å². The third-order valence-corrected chi connectivity index (χ3v) is 2.71. The summed E-state index contributed by atoms with van der Waals surface area (Å²) in [4.78, 5) is 0. The van der Waals surface area contributed by atoms with Crippen molar-refractivity contribution >= 4 is 11.6 Å². The minimum absolute atomic E-state index is 0.109. The molecular formula is C14H9ClFNO. The molecule has 2 rings (SSSR count). The number of alkyl halides is 1. The Morgan fingerprint density at radius 1 is 1.11 bits per heavy atom. The lowest BCUT2D eigenvalue weighted by Crippen LogP contribution is -1.93. The van der Waals surface area contributed by atoms with Gasteiger partial charge in [0.15, 0.2) is 0 Å². The molecule has 2 aromatic rings. The second kappa shape index (κ2) is 5.52. The van der Waals surface area contributed by atoms with Gasteiger partial charge in [-0.1, -0.05) is 24.3 Å². The van der Waals surface area contributed by atoms with Gasteiger partial charge in [0.05, 0.1) is 5.88 Å². The maximum atomic E-state index is 13.4. The number of nitriles is 1. The molecule has 0 aliphatic heterocycles. The summed E-state index contributed by atoms with van der Waals surface area (Å²) in [7, 11) is 0. The minimum atomic E-state index is -0.599. The van der Waals surface area contributed by atoms with Gasteiger partial charge in [-0.05, 0) is 18.2 Å². The van der Waals surface area contributed by atoms with Crippen LogP contribution in [0.5, 0.6) is 11.5 Å². The molecule has 0 amide bonds. The van der Waals surface area contributed by atoms with Gasteiger partial charge in [-0.25, -0.2) is 4.39 Å². The fraction of sp³-hybridized carbons (Fsp3) is 0.0714. The van der Waals surface area contributed by atoms with Crippen LogP contribution in [0.25, 0.3) is 0 Å². The lowest BCUT2D eigenvalue weighted by Gasteiger charge is -2.10. The number of hydrogen-bond acceptors (Lipinski definition) is 2. The molecule has 2 aromatic carbocycles. The maximum absolute atomic E-state index is 13.4. The predicted octanol–water partition coefficient (Wildman–Crippen LogP) is 4.23. The van der Waals surface area contributed by atoms with E-state index in [9.17, 15) is 4.39 Å². The van der Waals surface area contributed by atoms with Crippen molar-refractivity contribution in [1.82, 2.24) is 0 Å². The molecule has 0 aromatic heterocycles. The molecule has 2 nitrogen and oxygen atoms in total. The number of halogens is 2. The van der Waals surface area contributed by atoms with Gasteiger partial charge in [-0.2, -0.15) is 5.26 Å². The van der Waals surface area contributed by atoms with Crippen molar-refractivity contribution in [1.29, 1.82) is 5.26 Å². The number of hydrogen-bond donors (Lipinski definition) is 0. The Kier molecular flexibility index (Phi) is 3.81. The first-order chi connectivity index (χ1) is 8.76. The summed E-state index contributed by atoms with van der Waals surface area (Å²) in [5, 5.41) is 8.91. The highest BCUT2D eigenvalue weighted by atomic mass is 35.5. The van der Waals surface area contributed by atoms with Crippen molar-refractivity contribution in [2.24, 2.45) is 0 Å². The van der Waals surface area contributed by atoms with E-state index in [1.165, 1.54) is 12.1 Å². The third kappa shape index (κ3) is 2.44. The monoisotopic (exact) mass is 261 g/mol. The van der Waals surface area contributed by atoms with Crippen LogP contribution in [0.3, 0.4) is 0 Å². The van der Waals surface area contributed by atoms with Crippen molar-refractivity contribution in [3.8, 4) is 17.6 Å². The molecule has 0 aliphatic rings. The molecule has 0 aliphatic carbocycles. The molecule has 0 N–H and O–H groups in total. The SMILES string of the molecule is N#Cc1c(F)cccc1Oc1ccccc1CCl. The Bertz CT molecular complexity index is 607. The van der Waals surface area contributed by atoms with Crippen molar-refractivity contribution in [2.45, 2.75) is 5.88 Å². The molecule has 0 spiro atoms. The quantitative estimate of drug-likeness (QED) is 0.775. The van der Waals surface area contributed by atoms with Crippen molar-refractivity contribution in [3.63, 3.8) is 0 Å². The molecule has 0 saturated carbocycles. The summed E-state index contributed by atoms with van der Waals surface area (Å²) >= 11 is 5.78. The highest BCUT2D eigenvalue weighted by Gasteiger charge is 2.11. The highest BCUT2D eigenvalue weighted by Crippen LogP contribution is 2.29. The van der Waals surface area contributed by atoms with E-state index in [4.69, 9.17) is 21.6 Å². The topological polar surface area (TPSA) is 33.0 Å². The molecule has 0 saturated heterocycles. The Morgan fingerprint density at radius 2 is 1.83 bits per heavy atom. The van der Waals surface area contributed by atoms with Gasteiger partial charge in [0.25, 0.3) is 0 Å². The Morgan fingerprint density at radius 3 is 2.56 bits per heavy atom. The van der Waals surface area contributed by atoms with Crippen molar-refractivity contribution < 1.29 is 9.13 Å². The molecular weight excluding hydrogens is 253 g/mol. The number of rotatable bonds is 3. The van der Waals surface area contributed by atoms with E-state index in [1.54, 1.807) is 24.3 Å². The molecule has 0 fully saturated rings. The van der Waals surface area contributed by atoms with Gasteiger partial charge in [0.2, 0.25) is 0 Å². The van der Waals surface area contributed by atoms with Gasteiger partial charge >= 0.3 is 0 Å². The van der Waals surface area contributed by atoms with E-state index in [2.05, 4.69) is 0 Å². The summed E-state index contributed by atoms with van der Waals surface area (Å²) in [5.41, 5.74) is 0.675. The van der Waals surface area contributed by atoms with Crippen molar-refractivity contribution in [3.05, 3.63) is 59.4 Å². The average Bonchev–Trinajstić information content (AvgIpc) is 2.40. The van der Waals surface area contributed by atoms with Gasteiger partial charge in [0, 0.05) is 5.56 Å². The van der Waals surface area contributed by atoms with E-state index in [0.29, 0.717) is 5.75 Å². The fourth-order valence-corrected chi connectivity index (χ4v) is 1.75. The van der Waals surface area contributed by atoms with Gasteiger partial charge in [0.1, 0.15) is 28.9 Å². The third-order valence-electron chi connectivity index (χ3n) is 2.42. The van der Waals surface area contributed by atoms with Crippen LogP contribution in [0, 0.1) is 17.1 Å². The Hall–Kier alpha value is -2.05. The Labute approximate surface area is 109 Å². The van der Waals surface area contributed by atoms with Crippen LogP contribution in [-0.4, -0.2) is 0 Å². The summed E-state index contributed by atoms with van der Waals surface area (Å²) in [5.74, 6) is 0.399. The number of para-hydroxylation sites is 1. The molecule has 0 heterocycles. The van der Waals surface area contributed by atoms with Crippen LogP contribution in [0.1, 0.15) is 11.1 Å². The van der Waals surface area contributed by atoms with Gasteiger partial charge in [-0.3, -0.25) is 0 Å². The zero-order valence-corrected chi connectivity index (χ0v) is 10.1. The maximum Gasteiger partial charge on any atom is 0.148 e. The highest BCUT2D eigenvalue weighted by molar-refractivity contribution is 6.17. The molecule has 4 heteroatoms. The zero-order valence-electron chi connectivity index (χ0n) is 9.36. The summed E-state index contributed by atoms with van der Waals surface area (Å²) in [6.07, 6.45) is 0. The first kappa shape index (κ1) is 12.4. The second-order valence-electron chi connectivity index (χ2n) is 3.57. The minimum Gasteiger partial charge on any atom is -0.456 e. The molecule has 18 heavy (non-hydrogen) atoms. The standard InChI is InChI=1S/C14H9ClFNO/c15-8-10-4-1-2-6-13(10)18-14-7-3-5-12(16)11(14)9-17/h1-7H,8H2. The largest absolute Gasteiger partial charge is 0.456 e. The van der Waals surface area contributed by atoms with E-state index in [0.717, 1.165) is 5.56 Å². The molecule has 0 radical (unpaired) electrons. The lowest BCUT2D eigenvalue weighted by atomic mass is 10.2. The van der Waals surface area contributed by atoms with E-state index < -0.39 is 5.82 Å². The number of nitrogens with zero attached hydrogens (tertiary/aromatic N) is 1. The number of ether oxygens (including phenoxy) is 1. The molecule has 90 valence electrons. The van der Waals surface area contributed by atoms with Crippen LogP contribution >= 0.6 is 11.6 Å². The average molecular weight is 262 g/mol. The summed E-state index contributed by atoms with van der Waals surface area (Å²) in [6.45, 7) is 0. The summed E-state index contributed by atoms with van der Waals surface area (Å²) in [6, 6.07) is 13.2.